The fourth-order valence-electron chi connectivity index (χ4n) is 10.4. The van der Waals surface area contributed by atoms with E-state index in [1.54, 1.807) is 0 Å². The van der Waals surface area contributed by atoms with Gasteiger partial charge in [-0.3, -0.25) is 9.59 Å². The number of carbonyl (C=O) groups is 2. The summed E-state index contributed by atoms with van der Waals surface area (Å²) < 4.78 is 40.1. The molecule has 0 amide bonds. The minimum absolute atomic E-state index is 0.549. The molecule has 6 aromatic carbocycles. The van der Waals surface area contributed by atoms with Crippen LogP contribution in [0.1, 0.15) is 239 Å². The topological polar surface area (TPSA) is 89.5 Å². The van der Waals surface area contributed by atoms with Crippen LogP contribution in [0.3, 0.4) is 0 Å². The maximum Gasteiger partial charge on any atom is 0.153 e. The van der Waals surface area contributed by atoms with Gasteiger partial charge >= 0.3 is 0 Å². The van der Waals surface area contributed by atoms with Gasteiger partial charge in [0.2, 0.25) is 0 Å². The van der Waals surface area contributed by atoms with Crippen molar-refractivity contribution in [2.24, 2.45) is 0 Å². The molecule has 0 unspecified atom stereocenters. The third-order valence-electron chi connectivity index (χ3n) is 15.1. The van der Waals surface area contributed by atoms with E-state index in [4.69, 9.17) is 28.4 Å². The Labute approximate surface area is 481 Å². The van der Waals surface area contributed by atoms with Crippen LogP contribution in [0.25, 0.3) is 56.6 Å². The number of unbranched alkanes of at least 4 members (excludes halogenated alkanes) is 18. The normalized spacial score (nSPS) is 11.6. The highest BCUT2D eigenvalue weighted by Gasteiger charge is 2.20. The molecular weight excluding hydrogens is 993 g/mol. The average Bonchev–Trinajstić information content (AvgIpc) is 3.52. The molecule has 0 N–H and O–H groups in total. The standard InChI is InChI=1S/C72H96O8/c1-7-13-19-25-47-75-67-55(31-33-57-37-43-65-63(69(57)77-49-27-21-15-9-3)45-39-59(53-73)71(65)79-51-29-23-17-11-5)35-42-62-61(67)41-36-56(68(62)76-48-26-20-14-8-2)32-34-58-38-44-66-64(70(58)78-50-28-22-16-10-4)46-40-60(54-74)72(66)80-52-30-24-18-12-6/h31-46,53-54H,7-30,47-52H2,1-6H3/b33-31+,34-32+. The van der Waals surface area contributed by atoms with E-state index in [-0.39, 0.29) is 0 Å². The highest BCUT2D eigenvalue weighted by molar-refractivity contribution is 6.04. The first kappa shape index (κ1) is 62.9. The van der Waals surface area contributed by atoms with Crippen molar-refractivity contribution in [1.29, 1.82) is 0 Å². The summed E-state index contributed by atoms with van der Waals surface area (Å²) in [6.07, 6.45) is 36.5. The molecule has 0 bridgehead atoms. The van der Waals surface area contributed by atoms with Crippen LogP contribution in [0.15, 0.2) is 72.8 Å². The lowest BCUT2D eigenvalue weighted by Gasteiger charge is -2.18. The van der Waals surface area contributed by atoms with Gasteiger partial charge in [0, 0.05) is 54.6 Å². The van der Waals surface area contributed by atoms with Gasteiger partial charge in [-0.05, 0) is 87.1 Å². The van der Waals surface area contributed by atoms with Gasteiger partial charge in [-0.25, -0.2) is 0 Å². The zero-order valence-corrected chi connectivity index (χ0v) is 49.9. The van der Waals surface area contributed by atoms with Crippen molar-refractivity contribution in [3.05, 3.63) is 106 Å². The Morgan fingerprint density at radius 1 is 0.237 bits per heavy atom. The van der Waals surface area contributed by atoms with Crippen LogP contribution in [-0.4, -0.2) is 52.2 Å². The Kier molecular flexibility index (Phi) is 28.4. The van der Waals surface area contributed by atoms with Gasteiger partial charge in [-0.1, -0.05) is 206 Å². The maximum atomic E-state index is 12.4. The fraction of sp³-hybridized carbons (Fsp3) is 0.500. The Balaban J connectivity index is 1.45. The molecular formula is C72H96O8. The van der Waals surface area contributed by atoms with E-state index >= 15 is 0 Å². The van der Waals surface area contributed by atoms with Gasteiger partial charge in [0.05, 0.1) is 50.8 Å². The van der Waals surface area contributed by atoms with Crippen molar-refractivity contribution in [3.8, 4) is 34.5 Å². The Hall–Kier alpha value is -6.28. The van der Waals surface area contributed by atoms with Crippen LogP contribution >= 0.6 is 0 Å². The second-order valence-corrected chi connectivity index (χ2v) is 21.5. The van der Waals surface area contributed by atoms with Crippen molar-refractivity contribution in [2.45, 2.75) is 196 Å². The number of hydrogen-bond donors (Lipinski definition) is 0. The molecule has 8 heteroatoms. The van der Waals surface area contributed by atoms with Crippen LogP contribution in [0.2, 0.25) is 0 Å². The smallest absolute Gasteiger partial charge is 0.153 e. The summed E-state index contributed by atoms with van der Waals surface area (Å²) >= 11 is 0. The highest BCUT2D eigenvalue weighted by atomic mass is 16.5. The van der Waals surface area contributed by atoms with Crippen molar-refractivity contribution in [3.63, 3.8) is 0 Å². The Morgan fingerprint density at radius 3 is 0.588 bits per heavy atom. The molecule has 80 heavy (non-hydrogen) atoms. The van der Waals surface area contributed by atoms with Crippen LogP contribution in [0, 0.1) is 0 Å². The van der Waals surface area contributed by atoms with E-state index in [1.165, 1.54) is 0 Å². The first-order chi connectivity index (χ1) is 39.5. The molecule has 0 aliphatic carbocycles. The third kappa shape index (κ3) is 18.4. The Morgan fingerprint density at radius 2 is 0.412 bits per heavy atom. The minimum Gasteiger partial charge on any atom is -0.492 e. The van der Waals surface area contributed by atoms with Gasteiger partial charge in [0.1, 0.15) is 34.5 Å². The lowest BCUT2D eigenvalue weighted by atomic mass is 9.98. The van der Waals surface area contributed by atoms with Gasteiger partial charge in [0.25, 0.3) is 0 Å². The summed E-state index contributed by atoms with van der Waals surface area (Å²) in [6.45, 7) is 16.8. The molecule has 6 aromatic rings. The largest absolute Gasteiger partial charge is 0.492 e. The maximum absolute atomic E-state index is 12.4. The zero-order chi connectivity index (χ0) is 56.6. The predicted molar refractivity (Wildman–Crippen MR) is 338 cm³/mol. The number of aldehydes is 2. The summed E-state index contributed by atoms with van der Waals surface area (Å²) in [5.41, 5.74) is 4.91. The van der Waals surface area contributed by atoms with E-state index in [0.29, 0.717) is 62.3 Å². The quantitative estimate of drug-likeness (QED) is 0.0213. The molecule has 0 aliphatic heterocycles. The second kappa shape index (κ2) is 36.2. The van der Waals surface area contributed by atoms with Crippen molar-refractivity contribution in [1.82, 2.24) is 0 Å². The van der Waals surface area contributed by atoms with E-state index < -0.39 is 0 Å². The lowest BCUT2D eigenvalue weighted by Crippen LogP contribution is -2.03. The molecule has 0 aromatic heterocycles. The predicted octanol–water partition coefficient (Wildman–Crippen LogP) is 20.9. The molecule has 0 heterocycles. The van der Waals surface area contributed by atoms with E-state index in [1.807, 2.05) is 24.3 Å². The first-order valence-corrected chi connectivity index (χ1v) is 31.3. The summed E-state index contributed by atoms with van der Waals surface area (Å²) in [6, 6.07) is 24.8. The van der Waals surface area contributed by atoms with Gasteiger partial charge < -0.3 is 28.4 Å². The minimum atomic E-state index is 0.549. The fourth-order valence-corrected chi connectivity index (χ4v) is 10.4. The van der Waals surface area contributed by atoms with Crippen molar-refractivity contribution < 1.29 is 38.0 Å². The lowest BCUT2D eigenvalue weighted by molar-refractivity contribution is 0.111. The van der Waals surface area contributed by atoms with Crippen molar-refractivity contribution >= 4 is 69.2 Å². The van der Waals surface area contributed by atoms with Gasteiger partial charge in [-0.15, -0.1) is 0 Å². The average molecular weight is 1090 g/mol. The first-order valence-electron chi connectivity index (χ1n) is 31.3. The monoisotopic (exact) mass is 1090 g/mol. The van der Waals surface area contributed by atoms with Gasteiger partial charge in [0.15, 0.2) is 12.6 Å². The van der Waals surface area contributed by atoms with Crippen LogP contribution in [-0.2, 0) is 0 Å². The molecule has 6 rings (SSSR count). The Bertz CT molecular complexity index is 2680. The molecule has 0 spiro atoms. The molecule has 0 saturated carbocycles. The number of benzene rings is 6. The van der Waals surface area contributed by atoms with E-state index in [0.717, 1.165) is 244 Å². The molecule has 0 atom stereocenters. The van der Waals surface area contributed by atoms with Crippen LogP contribution in [0.4, 0.5) is 0 Å². The summed E-state index contributed by atoms with van der Waals surface area (Å²) in [5, 5.41) is 5.60. The van der Waals surface area contributed by atoms with Crippen LogP contribution in [0.5, 0.6) is 34.5 Å². The SMILES string of the molecule is CCCCCCOc1c(C=O)ccc2c(OCCCCCC)c(/C=C/c3ccc4c(OCCCCCC)c(/C=C/c5ccc6c(OCCCCCC)c(C=O)ccc6c5OCCCCCC)ccc4c3OCCCCCC)ccc12. The number of fused-ring (bicyclic) bond motifs is 3. The molecule has 0 radical (unpaired) electrons. The summed E-state index contributed by atoms with van der Waals surface area (Å²) in [5.74, 6) is 4.47. The van der Waals surface area contributed by atoms with E-state index in [9.17, 15) is 9.59 Å². The summed E-state index contributed by atoms with van der Waals surface area (Å²) in [7, 11) is 0. The van der Waals surface area contributed by atoms with Gasteiger partial charge in [-0.2, -0.15) is 0 Å². The number of rotatable bonds is 42. The molecule has 0 saturated heterocycles. The number of carbonyl (C=O) groups excluding carboxylic acids is 2. The third-order valence-corrected chi connectivity index (χ3v) is 15.1. The number of ether oxygens (including phenoxy) is 6. The highest BCUT2D eigenvalue weighted by Crippen LogP contribution is 2.43. The second-order valence-electron chi connectivity index (χ2n) is 21.5. The molecule has 0 aliphatic rings. The van der Waals surface area contributed by atoms with Crippen LogP contribution < -0.4 is 28.4 Å². The molecule has 432 valence electrons. The number of hydrogen-bond acceptors (Lipinski definition) is 8. The zero-order valence-electron chi connectivity index (χ0n) is 49.9. The molecule has 8 nitrogen and oxygen atoms in total. The molecule has 0 fully saturated rings. The summed E-state index contributed by atoms with van der Waals surface area (Å²) in [4.78, 5) is 24.8. The van der Waals surface area contributed by atoms with Crippen molar-refractivity contribution in [2.75, 3.05) is 39.6 Å². The van der Waals surface area contributed by atoms with E-state index in [2.05, 4.69) is 114 Å².